The first kappa shape index (κ1) is 22.5. The number of benzene rings is 1. The van der Waals surface area contributed by atoms with Crippen LogP contribution in [0.3, 0.4) is 0 Å². The molecular weight excluding hydrogens is 465 g/mol. The summed E-state index contributed by atoms with van der Waals surface area (Å²) >= 11 is 0. The molecule has 0 saturated heterocycles. The molecule has 0 spiro atoms. The molecule has 0 aliphatic heterocycles. The van der Waals surface area contributed by atoms with E-state index in [0.717, 1.165) is 18.9 Å². The average molecular weight is 497 g/mol. The molecule has 1 aliphatic rings. The molecule has 1 heterocycles. The SMILES string of the molecule is CN=C(NCCNC(=O)CC1CCCC1)NCCc1c[nH]c2ccccc12.I. The Morgan fingerprint density at radius 3 is 2.61 bits per heavy atom. The zero-order valence-corrected chi connectivity index (χ0v) is 18.9. The van der Waals surface area contributed by atoms with Crippen LogP contribution in [0.2, 0.25) is 0 Å². The molecule has 1 fully saturated rings. The first-order valence-corrected chi connectivity index (χ1v) is 10.0. The van der Waals surface area contributed by atoms with Gasteiger partial charge in [-0.1, -0.05) is 31.0 Å². The highest BCUT2D eigenvalue weighted by atomic mass is 127. The summed E-state index contributed by atoms with van der Waals surface area (Å²) in [6, 6.07) is 8.34. The second kappa shape index (κ2) is 11.9. The van der Waals surface area contributed by atoms with Crippen molar-refractivity contribution in [1.29, 1.82) is 0 Å². The standard InChI is InChI=1S/C21H31N5O.HI/c1-22-21(25-13-12-23-20(27)14-16-6-2-3-7-16)24-11-10-17-15-26-19-9-5-4-8-18(17)19;/h4-5,8-9,15-16,26H,2-3,6-7,10-14H2,1H3,(H,23,27)(H2,22,24,25);1H. The van der Waals surface area contributed by atoms with E-state index in [9.17, 15) is 4.79 Å². The van der Waals surface area contributed by atoms with Crippen LogP contribution in [-0.4, -0.2) is 43.5 Å². The number of carbonyl (C=O) groups is 1. The van der Waals surface area contributed by atoms with E-state index in [-0.39, 0.29) is 29.9 Å². The van der Waals surface area contributed by atoms with Crippen LogP contribution in [0.4, 0.5) is 0 Å². The van der Waals surface area contributed by atoms with Gasteiger partial charge in [0.05, 0.1) is 0 Å². The van der Waals surface area contributed by atoms with Gasteiger partial charge in [0.15, 0.2) is 5.96 Å². The number of aromatic amines is 1. The zero-order valence-electron chi connectivity index (χ0n) is 16.6. The number of fused-ring (bicyclic) bond motifs is 1. The van der Waals surface area contributed by atoms with Crippen molar-refractivity contribution in [2.45, 2.75) is 38.5 Å². The fourth-order valence-electron chi connectivity index (χ4n) is 3.81. The van der Waals surface area contributed by atoms with E-state index in [1.54, 1.807) is 7.05 Å². The van der Waals surface area contributed by atoms with Gasteiger partial charge >= 0.3 is 0 Å². The molecule has 7 heteroatoms. The van der Waals surface area contributed by atoms with Gasteiger partial charge in [0.25, 0.3) is 0 Å². The zero-order chi connectivity index (χ0) is 18.9. The lowest BCUT2D eigenvalue weighted by atomic mass is 10.0. The molecular formula is C21H32IN5O. The minimum atomic E-state index is 0. The number of hydrogen-bond donors (Lipinski definition) is 4. The number of guanidine groups is 1. The van der Waals surface area contributed by atoms with Gasteiger partial charge in [0.2, 0.25) is 5.91 Å². The summed E-state index contributed by atoms with van der Waals surface area (Å²) in [5.74, 6) is 1.53. The third kappa shape index (κ3) is 6.68. The largest absolute Gasteiger partial charge is 0.361 e. The van der Waals surface area contributed by atoms with Gasteiger partial charge < -0.3 is 20.9 Å². The van der Waals surface area contributed by atoms with Crippen LogP contribution < -0.4 is 16.0 Å². The van der Waals surface area contributed by atoms with Crippen LogP contribution >= 0.6 is 24.0 Å². The Morgan fingerprint density at radius 2 is 1.82 bits per heavy atom. The highest BCUT2D eigenvalue weighted by molar-refractivity contribution is 14.0. The topological polar surface area (TPSA) is 81.3 Å². The number of rotatable bonds is 8. The third-order valence-corrected chi connectivity index (χ3v) is 5.27. The summed E-state index contributed by atoms with van der Waals surface area (Å²) in [4.78, 5) is 19.5. The number of aliphatic imine (C=N–C) groups is 1. The van der Waals surface area contributed by atoms with Gasteiger partial charge in [-0.2, -0.15) is 0 Å². The predicted octanol–water partition coefficient (Wildman–Crippen LogP) is 3.19. The summed E-state index contributed by atoms with van der Waals surface area (Å²) in [6.45, 7) is 2.09. The molecule has 1 saturated carbocycles. The van der Waals surface area contributed by atoms with Crippen LogP contribution in [0.1, 0.15) is 37.7 Å². The van der Waals surface area contributed by atoms with Crippen molar-refractivity contribution < 1.29 is 4.79 Å². The van der Waals surface area contributed by atoms with Crippen molar-refractivity contribution in [3.8, 4) is 0 Å². The van der Waals surface area contributed by atoms with E-state index < -0.39 is 0 Å². The summed E-state index contributed by atoms with van der Waals surface area (Å²) < 4.78 is 0. The highest BCUT2D eigenvalue weighted by Gasteiger charge is 2.17. The second-order valence-electron chi connectivity index (χ2n) is 7.24. The van der Waals surface area contributed by atoms with Crippen molar-refractivity contribution in [1.82, 2.24) is 20.9 Å². The summed E-state index contributed by atoms with van der Waals surface area (Å²) in [5.41, 5.74) is 2.47. The molecule has 4 N–H and O–H groups in total. The summed E-state index contributed by atoms with van der Waals surface area (Å²) in [6.07, 6.45) is 8.64. The number of carbonyl (C=O) groups excluding carboxylic acids is 1. The highest BCUT2D eigenvalue weighted by Crippen LogP contribution is 2.27. The Bertz CT molecular complexity index is 767. The molecule has 0 bridgehead atoms. The molecule has 6 nitrogen and oxygen atoms in total. The summed E-state index contributed by atoms with van der Waals surface area (Å²) in [5, 5.41) is 10.9. The van der Waals surface area contributed by atoms with Gasteiger partial charge in [-0.05, 0) is 36.8 Å². The monoisotopic (exact) mass is 497 g/mol. The van der Waals surface area contributed by atoms with E-state index in [0.29, 0.717) is 25.4 Å². The average Bonchev–Trinajstić information content (AvgIpc) is 3.33. The van der Waals surface area contributed by atoms with Crippen molar-refractivity contribution in [2.75, 3.05) is 26.7 Å². The molecule has 1 aliphatic carbocycles. The first-order valence-electron chi connectivity index (χ1n) is 10.0. The molecule has 0 unspecified atom stereocenters. The second-order valence-corrected chi connectivity index (χ2v) is 7.24. The van der Waals surface area contributed by atoms with Crippen molar-refractivity contribution >= 4 is 46.7 Å². The number of nitrogens with zero attached hydrogens (tertiary/aromatic N) is 1. The number of aromatic nitrogens is 1. The Kier molecular flexibility index (Phi) is 9.60. The first-order chi connectivity index (χ1) is 13.3. The van der Waals surface area contributed by atoms with E-state index >= 15 is 0 Å². The number of amides is 1. The maximum atomic E-state index is 11.9. The van der Waals surface area contributed by atoms with Gasteiger partial charge in [-0.15, -0.1) is 24.0 Å². The fourth-order valence-corrected chi connectivity index (χ4v) is 3.81. The molecule has 1 aromatic heterocycles. The van der Waals surface area contributed by atoms with E-state index in [4.69, 9.17) is 0 Å². The van der Waals surface area contributed by atoms with E-state index in [2.05, 4.69) is 50.3 Å². The maximum Gasteiger partial charge on any atom is 0.220 e. The molecule has 154 valence electrons. The maximum absolute atomic E-state index is 11.9. The normalized spacial score (nSPS) is 14.7. The number of halogens is 1. The Hall–Kier alpha value is -1.77. The minimum absolute atomic E-state index is 0. The predicted molar refractivity (Wildman–Crippen MR) is 126 cm³/mol. The smallest absolute Gasteiger partial charge is 0.220 e. The van der Waals surface area contributed by atoms with Crippen molar-refractivity contribution in [2.24, 2.45) is 10.9 Å². The van der Waals surface area contributed by atoms with Gasteiger partial charge in [-0.3, -0.25) is 9.79 Å². The Morgan fingerprint density at radius 1 is 1.11 bits per heavy atom. The van der Waals surface area contributed by atoms with Crippen molar-refractivity contribution in [3.05, 3.63) is 36.0 Å². The van der Waals surface area contributed by atoms with Crippen LogP contribution in [0.25, 0.3) is 10.9 Å². The van der Waals surface area contributed by atoms with Gasteiger partial charge in [-0.25, -0.2) is 0 Å². The Balaban J connectivity index is 0.00000280. The molecule has 0 atom stereocenters. The lowest BCUT2D eigenvalue weighted by Crippen LogP contribution is -2.42. The van der Waals surface area contributed by atoms with Gasteiger partial charge in [0.1, 0.15) is 0 Å². The molecule has 2 aromatic rings. The van der Waals surface area contributed by atoms with Crippen LogP contribution in [0.15, 0.2) is 35.5 Å². The fraction of sp³-hybridized carbons (Fsp3) is 0.524. The lowest BCUT2D eigenvalue weighted by molar-refractivity contribution is -0.121. The number of nitrogens with one attached hydrogen (secondary N) is 4. The number of hydrogen-bond acceptors (Lipinski definition) is 2. The van der Waals surface area contributed by atoms with Crippen LogP contribution in [0.5, 0.6) is 0 Å². The van der Waals surface area contributed by atoms with Crippen LogP contribution in [-0.2, 0) is 11.2 Å². The third-order valence-electron chi connectivity index (χ3n) is 5.27. The Labute approximate surface area is 184 Å². The molecule has 28 heavy (non-hydrogen) atoms. The van der Waals surface area contributed by atoms with Crippen LogP contribution in [0, 0.1) is 5.92 Å². The molecule has 0 radical (unpaired) electrons. The number of para-hydroxylation sites is 1. The molecule has 3 rings (SSSR count). The quantitative estimate of drug-likeness (QED) is 0.196. The molecule has 1 amide bonds. The minimum Gasteiger partial charge on any atom is -0.361 e. The van der Waals surface area contributed by atoms with Crippen molar-refractivity contribution in [3.63, 3.8) is 0 Å². The van der Waals surface area contributed by atoms with E-state index in [1.807, 2.05) is 6.07 Å². The lowest BCUT2D eigenvalue weighted by Gasteiger charge is -2.13. The molecule has 1 aromatic carbocycles. The van der Waals surface area contributed by atoms with Gasteiger partial charge in [0, 0.05) is 50.2 Å². The van der Waals surface area contributed by atoms with E-state index in [1.165, 1.54) is 42.1 Å². The number of H-pyrrole nitrogens is 1. The summed E-state index contributed by atoms with van der Waals surface area (Å²) in [7, 11) is 1.76.